The molecular weight excluding hydrogens is 379 g/mol. The van der Waals surface area contributed by atoms with Crippen LogP contribution in [-0.4, -0.2) is 23.3 Å². The van der Waals surface area contributed by atoms with Crippen LogP contribution in [0.15, 0.2) is 40.1 Å². The fraction of sp³-hybridized carbons (Fsp3) is 0.267. The first kappa shape index (κ1) is 19.0. The Morgan fingerprint density at radius 3 is 2.14 bits per heavy atom. The van der Waals surface area contributed by atoms with Gasteiger partial charge in [-0.2, -0.15) is 11.8 Å². The van der Waals surface area contributed by atoms with Gasteiger partial charge in [-0.1, -0.05) is 25.1 Å². The minimum absolute atomic E-state index is 0. The van der Waals surface area contributed by atoms with Gasteiger partial charge in [-0.25, -0.2) is 4.90 Å². The molecule has 1 aromatic carbocycles. The zero-order chi connectivity index (χ0) is 14.5. The molecule has 0 unspecified atom stereocenters. The number of para-hydroxylation sites is 1. The molecule has 0 N–H and O–H groups in total. The summed E-state index contributed by atoms with van der Waals surface area (Å²) < 4.78 is 0. The van der Waals surface area contributed by atoms with E-state index in [1.807, 2.05) is 18.2 Å². The molecule has 0 bridgehead atoms. The molecule has 0 fully saturated rings. The van der Waals surface area contributed by atoms with E-state index in [0.29, 0.717) is 21.3 Å². The Hall–Kier alpha value is -0.0961. The van der Waals surface area contributed by atoms with Gasteiger partial charge in [0.05, 0.1) is 15.5 Å². The molecule has 1 aliphatic heterocycles. The molecule has 1 aromatic rings. The third-order valence-corrected chi connectivity index (χ3v) is 4.99. The van der Waals surface area contributed by atoms with E-state index in [9.17, 15) is 9.59 Å². The van der Waals surface area contributed by atoms with E-state index in [1.165, 1.54) is 28.4 Å². The number of benzene rings is 1. The number of anilines is 1. The molecule has 0 saturated carbocycles. The average molecular weight is 395 g/mol. The molecule has 1 radical (unpaired) electrons. The monoisotopic (exact) mass is 395 g/mol. The van der Waals surface area contributed by atoms with Gasteiger partial charge < -0.3 is 6.92 Å². The topological polar surface area (TPSA) is 37.4 Å². The molecule has 2 amide bonds. The van der Waals surface area contributed by atoms with Gasteiger partial charge in [0.2, 0.25) is 0 Å². The molecule has 0 spiro atoms. The number of carbonyl (C=O) groups is 2. The summed E-state index contributed by atoms with van der Waals surface area (Å²) in [6, 6.07) is 9.05. The number of carbonyl (C=O) groups excluding carboxylic acids is 2. The van der Waals surface area contributed by atoms with E-state index in [4.69, 9.17) is 0 Å². The minimum Gasteiger partial charge on any atom is -0.333 e. The Kier molecular flexibility index (Phi) is 8.24. The van der Waals surface area contributed by atoms with Crippen molar-refractivity contribution in [3.63, 3.8) is 0 Å². The van der Waals surface area contributed by atoms with Crippen molar-refractivity contribution in [3.8, 4) is 0 Å². The normalized spacial score (nSPS) is 14.7. The largest absolute Gasteiger partial charge is 0.333 e. The van der Waals surface area contributed by atoms with Gasteiger partial charge >= 0.3 is 0 Å². The summed E-state index contributed by atoms with van der Waals surface area (Å²) in [6.45, 7) is 5.81. The van der Waals surface area contributed by atoms with Gasteiger partial charge in [0.25, 0.3) is 11.8 Å². The number of hydrogen-bond donors (Lipinski definition) is 0. The third kappa shape index (κ3) is 4.22. The van der Waals surface area contributed by atoms with E-state index >= 15 is 0 Å². The van der Waals surface area contributed by atoms with Crippen molar-refractivity contribution in [2.45, 2.75) is 13.3 Å². The molecule has 0 atom stereocenters. The van der Waals surface area contributed by atoms with E-state index in [0.717, 1.165) is 12.2 Å². The molecule has 1 heterocycles. The number of rotatable bonds is 6. The Morgan fingerprint density at radius 2 is 1.62 bits per heavy atom. The quantitative estimate of drug-likeness (QED) is 0.546. The van der Waals surface area contributed by atoms with Crippen LogP contribution in [0.4, 0.5) is 5.69 Å². The summed E-state index contributed by atoms with van der Waals surface area (Å²) in [6.07, 6.45) is 0.962. The Balaban J connectivity index is 0.00000220. The maximum absolute atomic E-state index is 12.5. The molecule has 0 saturated heterocycles. The summed E-state index contributed by atoms with van der Waals surface area (Å²) in [7, 11) is 0. The van der Waals surface area contributed by atoms with E-state index in [-0.39, 0.29) is 44.5 Å². The Bertz CT molecular complexity index is 546. The first-order valence-corrected chi connectivity index (χ1v) is 8.40. The molecule has 1 aliphatic rings. The minimum atomic E-state index is -0.228. The fourth-order valence-corrected chi connectivity index (χ4v) is 3.69. The predicted molar refractivity (Wildman–Crippen MR) is 86.5 cm³/mol. The van der Waals surface area contributed by atoms with Gasteiger partial charge in [0.1, 0.15) is 0 Å². The third-order valence-electron chi connectivity index (χ3n) is 2.71. The number of hydrogen-bond acceptors (Lipinski definition) is 4. The molecular formula is C15H16NO2S2Y-. The molecule has 0 aromatic heterocycles. The summed E-state index contributed by atoms with van der Waals surface area (Å²) >= 11 is 2.80. The van der Waals surface area contributed by atoms with Crippen molar-refractivity contribution in [1.29, 1.82) is 0 Å². The maximum atomic E-state index is 12.5. The number of imide groups is 1. The van der Waals surface area contributed by atoms with Gasteiger partial charge in [-0.3, -0.25) is 9.59 Å². The maximum Gasteiger partial charge on any atom is 0.273 e. The molecule has 109 valence electrons. The summed E-state index contributed by atoms with van der Waals surface area (Å²) in [5.74, 6) is 0.926. The van der Waals surface area contributed by atoms with Crippen LogP contribution in [0.25, 0.3) is 0 Å². The second-order valence-corrected chi connectivity index (χ2v) is 6.35. The van der Waals surface area contributed by atoms with Crippen LogP contribution in [0.2, 0.25) is 0 Å². The standard InChI is InChI=1S/C15H16NO2S2.Y/c1-3-10-20-13-12(19-4-2)14(17)16(15(13)18)11-8-6-5-7-9-11;/h5-9H,2-4,10H2,1H3;/q-1;. The molecule has 0 aliphatic carbocycles. The van der Waals surface area contributed by atoms with Gasteiger partial charge in [-0.15, -0.1) is 17.5 Å². The van der Waals surface area contributed by atoms with Crippen LogP contribution in [0.5, 0.6) is 0 Å². The van der Waals surface area contributed by atoms with Gasteiger partial charge in [-0.05, 0) is 24.3 Å². The molecule has 3 nitrogen and oxygen atoms in total. The van der Waals surface area contributed by atoms with Crippen molar-refractivity contribution in [2.24, 2.45) is 0 Å². The van der Waals surface area contributed by atoms with Gasteiger partial charge in [0, 0.05) is 32.7 Å². The van der Waals surface area contributed by atoms with Crippen LogP contribution in [-0.2, 0) is 42.3 Å². The molecule has 21 heavy (non-hydrogen) atoms. The van der Waals surface area contributed by atoms with Crippen molar-refractivity contribution in [3.05, 3.63) is 47.1 Å². The van der Waals surface area contributed by atoms with Crippen LogP contribution in [0, 0.1) is 6.92 Å². The predicted octanol–water partition coefficient (Wildman–Crippen LogP) is 3.48. The SMILES string of the molecule is [CH2-]CSC1=C(SCCC)C(=O)N(c2ccccc2)C1=O.[Y]. The van der Waals surface area contributed by atoms with Crippen molar-refractivity contribution < 1.29 is 42.3 Å². The van der Waals surface area contributed by atoms with E-state index < -0.39 is 0 Å². The molecule has 6 heteroatoms. The smallest absolute Gasteiger partial charge is 0.273 e. The summed E-state index contributed by atoms with van der Waals surface area (Å²) in [5, 5.41) is 0. The fourth-order valence-electron chi connectivity index (χ4n) is 1.86. The zero-order valence-electron chi connectivity index (χ0n) is 11.9. The van der Waals surface area contributed by atoms with Crippen LogP contribution in [0.1, 0.15) is 13.3 Å². The summed E-state index contributed by atoms with van der Waals surface area (Å²) in [5.41, 5.74) is 0.622. The van der Waals surface area contributed by atoms with Crippen molar-refractivity contribution >= 4 is 41.0 Å². The Morgan fingerprint density at radius 1 is 1.05 bits per heavy atom. The average Bonchev–Trinajstić information content (AvgIpc) is 2.69. The number of thioether (sulfide) groups is 2. The number of nitrogens with zero attached hydrogens (tertiary/aromatic N) is 1. The first-order valence-electron chi connectivity index (χ1n) is 6.43. The van der Waals surface area contributed by atoms with Crippen LogP contribution >= 0.6 is 23.5 Å². The van der Waals surface area contributed by atoms with Crippen LogP contribution < -0.4 is 4.90 Å². The van der Waals surface area contributed by atoms with Crippen molar-refractivity contribution in [1.82, 2.24) is 0 Å². The zero-order valence-corrected chi connectivity index (χ0v) is 16.3. The summed E-state index contributed by atoms with van der Waals surface area (Å²) in [4.78, 5) is 27.3. The second-order valence-electron chi connectivity index (χ2n) is 4.14. The van der Waals surface area contributed by atoms with Crippen LogP contribution in [0.3, 0.4) is 0 Å². The Labute approximate surface area is 159 Å². The van der Waals surface area contributed by atoms with E-state index in [1.54, 1.807) is 12.1 Å². The molecule has 2 rings (SSSR count). The van der Waals surface area contributed by atoms with E-state index in [2.05, 4.69) is 13.8 Å². The van der Waals surface area contributed by atoms with Crippen molar-refractivity contribution in [2.75, 3.05) is 16.4 Å². The second kappa shape index (κ2) is 9.14. The van der Waals surface area contributed by atoms with Gasteiger partial charge in [0.15, 0.2) is 0 Å². The first-order chi connectivity index (χ1) is 9.70. The number of amides is 2.